The van der Waals surface area contributed by atoms with Crippen LogP contribution in [0.3, 0.4) is 0 Å². The predicted molar refractivity (Wildman–Crippen MR) is 151 cm³/mol. The topological polar surface area (TPSA) is 251 Å². The molecule has 0 radical (unpaired) electrons. The van der Waals surface area contributed by atoms with Gasteiger partial charge >= 0.3 is 29.4 Å². The first kappa shape index (κ1) is 30.8. The third-order valence-corrected chi connectivity index (χ3v) is 5.49. The molecule has 0 aliphatic heterocycles. The standard InChI is InChI=1S/C26H29N9O7/c1-34(2)18-10-9-15(14-28)12-20(18)42-23-21(35(38)39)22(41-19(24(36)37)8-3-4-11-27)32-26(33-23)40-17-7-5-6-16(13-17)31-25(29)30/h5-7,9-10,12-13,19H,3-4,8,11,27H2,1-2H3,(H,36,37)(H4,29,30,31). The molecule has 16 nitrogen and oxygen atoms in total. The summed E-state index contributed by atoms with van der Waals surface area (Å²) in [5.74, 6) is -2.71. The zero-order valence-corrected chi connectivity index (χ0v) is 22.8. The zero-order valence-electron chi connectivity index (χ0n) is 22.8. The van der Waals surface area contributed by atoms with Crippen molar-refractivity contribution in [3.05, 3.63) is 58.1 Å². The molecule has 2 aromatic carbocycles. The van der Waals surface area contributed by atoms with E-state index in [1.54, 1.807) is 43.3 Å². The summed E-state index contributed by atoms with van der Waals surface area (Å²) < 4.78 is 17.2. The molecule has 3 aromatic rings. The molecule has 7 N–H and O–H groups in total. The van der Waals surface area contributed by atoms with E-state index in [9.17, 15) is 25.3 Å². The average molecular weight is 580 g/mol. The van der Waals surface area contributed by atoms with Crippen molar-refractivity contribution in [3.63, 3.8) is 0 Å². The first-order valence-corrected chi connectivity index (χ1v) is 12.4. The fraction of sp³-hybridized carbons (Fsp3) is 0.269. The highest BCUT2D eigenvalue weighted by molar-refractivity contribution is 5.79. The number of nitrogens with zero attached hydrogens (tertiary/aromatic N) is 6. The van der Waals surface area contributed by atoms with E-state index < -0.39 is 40.5 Å². The Balaban J connectivity index is 2.18. The van der Waals surface area contributed by atoms with Gasteiger partial charge in [-0.1, -0.05) is 6.07 Å². The van der Waals surface area contributed by atoms with Gasteiger partial charge < -0.3 is 41.4 Å². The second-order valence-corrected chi connectivity index (χ2v) is 8.88. The van der Waals surface area contributed by atoms with Crippen LogP contribution >= 0.6 is 0 Å². The molecular formula is C26H29N9O7. The second-order valence-electron chi connectivity index (χ2n) is 8.88. The SMILES string of the molecule is CN(C)c1ccc(C#N)cc1Oc1nc(Oc2cccc(N=C(N)N)c2)nc(OC(CCCCN)C(=O)O)c1[N+](=O)[O-]. The van der Waals surface area contributed by atoms with Crippen LogP contribution in [0.4, 0.5) is 17.1 Å². The minimum Gasteiger partial charge on any atom is -0.479 e. The maximum absolute atomic E-state index is 12.3. The smallest absolute Gasteiger partial charge is 0.392 e. The van der Waals surface area contributed by atoms with Crippen molar-refractivity contribution in [3.8, 4) is 35.3 Å². The van der Waals surface area contributed by atoms with Gasteiger partial charge in [0.25, 0.3) is 0 Å². The minimum absolute atomic E-state index is 0.00434. The monoisotopic (exact) mass is 579 g/mol. The van der Waals surface area contributed by atoms with Crippen molar-refractivity contribution < 1.29 is 29.0 Å². The van der Waals surface area contributed by atoms with Crippen LogP contribution in [-0.4, -0.2) is 58.7 Å². The van der Waals surface area contributed by atoms with Crippen molar-refractivity contribution >= 4 is 29.0 Å². The molecule has 42 heavy (non-hydrogen) atoms. The molecule has 0 fully saturated rings. The lowest BCUT2D eigenvalue weighted by Gasteiger charge is -2.19. The third kappa shape index (κ3) is 8.16. The van der Waals surface area contributed by atoms with Gasteiger partial charge in [0.15, 0.2) is 17.8 Å². The fourth-order valence-electron chi connectivity index (χ4n) is 3.60. The lowest BCUT2D eigenvalue weighted by molar-refractivity contribution is -0.387. The van der Waals surface area contributed by atoms with Crippen molar-refractivity contribution in [2.75, 3.05) is 25.5 Å². The van der Waals surface area contributed by atoms with E-state index in [0.717, 1.165) is 0 Å². The molecule has 0 saturated heterocycles. The van der Waals surface area contributed by atoms with Gasteiger partial charge in [0, 0.05) is 26.2 Å². The number of aliphatic carboxylic acids is 1. The molecule has 1 heterocycles. The second kappa shape index (κ2) is 14.1. The van der Waals surface area contributed by atoms with Gasteiger partial charge in [0.2, 0.25) is 0 Å². The van der Waals surface area contributed by atoms with Crippen molar-refractivity contribution in [2.24, 2.45) is 22.2 Å². The van der Waals surface area contributed by atoms with Crippen LogP contribution in [-0.2, 0) is 4.79 Å². The Labute approximate surface area is 240 Å². The van der Waals surface area contributed by atoms with E-state index >= 15 is 0 Å². The van der Waals surface area contributed by atoms with Crippen molar-refractivity contribution in [1.82, 2.24) is 9.97 Å². The molecule has 0 spiro atoms. The highest BCUT2D eigenvalue weighted by Gasteiger charge is 2.33. The molecular weight excluding hydrogens is 550 g/mol. The van der Waals surface area contributed by atoms with Gasteiger partial charge in [-0.3, -0.25) is 10.1 Å². The summed E-state index contributed by atoms with van der Waals surface area (Å²) in [6.07, 6.45) is -0.620. The highest BCUT2D eigenvalue weighted by atomic mass is 16.6. The van der Waals surface area contributed by atoms with Crippen LogP contribution in [0.1, 0.15) is 24.8 Å². The molecule has 220 valence electrons. The largest absolute Gasteiger partial charge is 0.479 e. The number of rotatable bonds is 14. The Morgan fingerprint density at radius 2 is 1.90 bits per heavy atom. The lowest BCUT2D eigenvalue weighted by Crippen LogP contribution is -2.28. The van der Waals surface area contributed by atoms with Crippen LogP contribution in [0, 0.1) is 21.4 Å². The summed E-state index contributed by atoms with van der Waals surface area (Å²) in [4.78, 5) is 37.0. The average Bonchev–Trinajstić information content (AvgIpc) is 2.91. The van der Waals surface area contributed by atoms with E-state index in [2.05, 4.69) is 15.0 Å². The number of carbonyl (C=O) groups is 1. The number of unbranched alkanes of at least 4 members (excludes halogenated alkanes) is 1. The normalized spacial score (nSPS) is 11.1. The van der Waals surface area contributed by atoms with Crippen molar-refractivity contribution in [2.45, 2.75) is 25.4 Å². The molecule has 0 saturated carbocycles. The molecule has 1 unspecified atom stereocenters. The number of guanidine groups is 1. The number of hydrogen-bond donors (Lipinski definition) is 4. The molecule has 16 heteroatoms. The van der Waals surface area contributed by atoms with Gasteiger partial charge in [-0.2, -0.15) is 15.2 Å². The van der Waals surface area contributed by atoms with E-state index in [1.165, 1.54) is 18.2 Å². The number of nitro groups is 1. The number of benzene rings is 2. The molecule has 1 atom stereocenters. The third-order valence-electron chi connectivity index (χ3n) is 5.49. The molecule has 0 aliphatic rings. The number of aliphatic imine (C=N–C) groups is 1. The summed E-state index contributed by atoms with van der Waals surface area (Å²) in [5.41, 5.74) is 16.5. The minimum atomic E-state index is -1.50. The summed E-state index contributed by atoms with van der Waals surface area (Å²) in [6.45, 7) is 0.324. The number of hydrogen-bond acceptors (Lipinski definition) is 12. The molecule has 0 amide bonds. The van der Waals surface area contributed by atoms with Crippen LogP contribution in [0.15, 0.2) is 47.5 Å². The summed E-state index contributed by atoms with van der Waals surface area (Å²) in [7, 11) is 3.40. The summed E-state index contributed by atoms with van der Waals surface area (Å²) >= 11 is 0. The number of nitrogens with two attached hydrogens (primary N) is 3. The molecule has 3 rings (SSSR count). The van der Waals surface area contributed by atoms with Gasteiger partial charge in [0.1, 0.15) is 5.75 Å². The number of anilines is 1. The van der Waals surface area contributed by atoms with E-state index in [4.69, 9.17) is 31.4 Å². The lowest BCUT2D eigenvalue weighted by atomic mass is 10.1. The van der Waals surface area contributed by atoms with Crippen LogP contribution in [0.25, 0.3) is 0 Å². The Bertz CT molecular complexity index is 1520. The van der Waals surface area contributed by atoms with E-state index in [0.29, 0.717) is 30.8 Å². The van der Waals surface area contributed by atoms with Gasteiger partial charge in [0.05, 0.1) is 27.9 Å². The van der Waals surface area contributed by atoms with Gasteiger partial charge in [-0.05, 0) is 50.1 Å². The van der Waals surface area contributed by atoms with Crippen LogP contribution in [0.5, 0.6) is 29.3 Å². The van der Waals surface area contributed by atoms with Crippen molar-refractivity contribution in [1.29, 1.82) is 5.26 Å². The van der Waals surface area contributed by atoms with E-state index in [1.807, 2.05) is 6.07 Å². The quantitative estimate of drug-likeness (QED) is 0.0704. The first-order chi connectivity index (χ1) is 20.0. The molecule has 0 bridgehead atoms. The summed E-state index contributed by atoms with van der Waals surface area (Å²) in [6, 6.07) is 12.1. The zero-order chi connectivity index (χ0) is 30.8. The first-order valence-electron chi connectivity index (χ1n) is 12.4. The number of carboxylic acids is 1. The summed E-state index contributed by atoms with van der Waals surface area (Å²) in [5, 5.41) is 31.4. The number of aromatic nitrogens is 2. The number of ether oxygens (including phenoxy) is 3. The van der Waals surface area contributed by atoms with Gasteiger partial charge in [-0.25, -0.2) is 9.79 Å². The van der Waals surface area contributed by atoms with Gasteiger partial charge in [-0.15, -0.1) is 0 Å². The Hall–Kier alpha value is -5.69. The van der Waals surface area contributed by atoms with E-state index in [-0.39, 0.29) is 29.4 Å². The number of carboxylic acid groups (broad SMARTS) is 1. The molecule has 1 aromatic heterocycles. The Morgan fingerprint density at radius 1 is 1.17 bits per heavy atom. The number of nitriles is 1. The fourth-order valence-corrected chi connectivity index (χ4v) is 3.60. The Kier molecular flexibility index (Phi) is 10.3. The predicted octanol–water partition coefficient (Wildman–Crippen LogP) is 2.77. The maximum atomic E-state index is 12.3. The van der Waals surface area contributed by atoms with Crippen LogP contribution < -0.4 is 36.3 Å². The Morgan fingerprint density at radius 3 is 2.52 bits per heavy atom. The van der Waals surface area contributed by atoms with Crippen LogP contribution in [0.2, 0.25) is 0 Å². The maximum Gasteiger partial charge on any atom is 0.392 e. The molecule has 0 aliphatic carbocycles. The highest BCUT2D eigenvalue weighted by Crippen LogP contribution is 2.42.